The molecule has 0 unspecified atom stereocenters. The van der Waals surface area contributed by atoms with Crippen LogP contribution in [0.25, 0.3) is 0 Å². The number of sulfone groups is 1. The molecule has 1 saturated carbocycles. The van der Waals surface area contributed by atoms with E-state index in [4.69, 9.17) is 11.6 Å². The van der Waals surface area contributed by atoms with Gasteiger partial charge < -0.3 is 10.2 Å². The highest BCUT2D eigenvalue weighted by molar-refractivity contribution is 7.91. The van der Waals surface area contributed by atoms with Gasteiger partial charge in [0.15, 0.2) is 9.84 Å². The van der Waals surface area contributed by atoms with Crippen molar-refractivity contribution in [2.24, 2.45) is 5.41 Å². The minimum atomic E-state index is -3.59. The maximum atomic E-state index is 11.7. The van der Waals surface area contributed by atoms with Crippen molar-refractivity contribution in [2.45, 2.75) is 11.2 Å². The van der Waals surface area contributed by atoms with Gasteiger partial charge in [-0.05, 0) is 17.7 Å². The van der Waals surface area contributed by atoms with Crippen molar-refractivity contribution in [3.8, 4) is 0 Å². The fourth-order valence-corrected chi connectivity index (χ4v) is 4.82. The van der Waals surface area contributed by atoms with Crippen LogP contribution >= 0.6 is 11.6 Å². The summed E-state index contributed by atoms with van der Waals surface area (Å²) in [6.07, 6.45) is 0.982. The highest BCUT2D eigenvalue weighted by Crippen LogP contribution is 2.62. The van der Waals surface area contributed by atoms with Crippen LogP contribution in [0.2, 0.25) is 5.02 Å². The molecule has 104 valence electrons. The fourth-order valence-electron chi connectivity index (χ4n) is 2.72. The number of aliphatic hydroxyl groups excluding tert-OH is 1. The van der Waals surface area contributed by atoms with Crippen LogP contribution in [0.5, 0.6) is 0 Å². The summed E-state index contributed by atoms with van der Waals surface area (Å²) in [6, 6.07) is 6.39. The zero-order valence-corrected chi connectivity index (χ0v) is 11.6. The maximum Gasteiger partial charge on any atom is 0.314 e. The van der Waals surface area contributed by atoms with Gasteiger partial charge in [-0.1, -0.05) is 23.7 Å². The van der Waals surface area contributed by atoms with Crippen molar-refractivity contribution in [3.63, 3.8) is 0 Å². The van der Waals surface area contributed by atoms with Crippen LogP contribution in [0, 0.1) is 5.41 Å². The Hall–Kier alpha value is -1.11. The van der Waals surface area contributed by atoms with Gasteiger partial charge in [-0.25, -0.2) is 8.42 Å². The van der Waals surface area contributed by atoms with Gasteiger partial charge in [0.25, 0.3) is 0 Å². The zero-order valence-electron chi connectivity index (χ0n) is 10.1. The van der Waals surface area contributed by atoms with Crippen molar-refractivity contribution >= 4 is 27.4 Å². The second kappa shape index (κ2) is 4.47. The Morgan fingerprint density at radius 3 is 2.47 bits per heavy atom. The summed E-state index contributed by atoms with van der Waals surface area (Å²) in [5, 5.41) is 17.9. The molecule has 1 aromatic rings. The normalized spacial score (nSPS) is 30.1. The summed E-state index contributed by atoms with van der Waals surface area (Å²) < 4.78 is 23.5. The molecule has 0 spiro atoms. The molecule has 2 N–H and O–H groups in total. The number of carboxylic acids is 1. The molecule has 1 aromatic carbocycles. The number of benzene rings is 1. The van der Waals surface area contributed by atoms with Crippen LogP contribution in [0.4, 0.5) is 0 Å². The second-order valence-corrected chi connectivity index (χ2v) is 7.39. The first-order chi connectivity index (χ1) is 8.75. The number of halogens is 1. The van der Waals surface area contributed by atoms with Crippen LogP contribution in [-0.4, -0.2) is 42.7 Å². The van der Waals surface area contributed by atoms with Gasteiger partial charge in [0.05, 0.1) is 11.9 Å². The number of hydrogen-bond acceptors (Lipinski definition) is 4. The van der Waals surface area contributed by atoms with Crippen molar-refractivity contribution in [2.75, 3.05) is 12.9 Å². The van der Waals surface area contributed by atoms with Gasteiger partial charge in [-0.15, -0.1) is 0 Å². The van der Waals surface area contributed by atoms with E-state index >= 15 is 0 Å². The van der Waals surface area contributed by atoms with Gasteiger partial charge in [0, 0.05) is 17.2 Å². The topological polar surface area (TPSA) is 91.7 Å². The SMILES string of the molecule is CS(=O)(=O)[C@@H]1[C@@H](c2cccc(Cl)c2)[C@@]1(CO)C(=O)O. The predicted molar refractivity (Wildman–Crippen MR) is 70.0 cm³/mol. The lowest BCUT2D eigenvalue weighted by atomic mass is 10.0. The van der Waals surface area contributed by atoms with Crippen molar-refractivity contribution < 1.29 is 23.4 Å². The van der Waals surface area contributed by atoms with Crippen molar-refractivity contribution in [1.82, 2.24) is 0 Å². The number of carbonyl (C=O) groups is 1. The predicted octanol–water partition coefficient (Wildman–Crippen LogP) is 0.914. The number of hydrogen-bond donors (Lipinski definition) is 2. The number of aliphatic carboxylic acids is 1. The molecule has 0 aliphatic heterocycles. The van der Waals surface area contributed by atoms with E-state index in [1.165, 1.54) is 6.07 Å². The first-order valence-corrected chi connectivity index (χ1v) is 7.87. The molecule has 2 rings (SSSR count). The smallest absolute Gasteiger partial charge is 0.314 e. The lowest BCUT2D eigenvalue weighted by molar-refractivity contribution is -0.145. The van der Waals surface area contributed by atoms with Gasteiger partial charge in [-0.3, -0.25) is 4.79 Å². The Labute approximate surface area is 115 Å². The van der Waals surface area contributed by atoms with E-state index in [1.807, 2.05) is 0 Å². The zero-order chi connectivity index (χ0) is 14.4. The summed E-state index contributed by atoms with van der Waals surface area (Å²) in [6.45, 7) is -0.725. The molecule has 1 aliphatic rings. The third kappa shape index (κ3) is 2.13. The molecule has 3 atom stereocenters. The van der Waals surface area contributed by atoms with Crippen LogP contribution in [0.3, 0.4) is 0 Å². The van der Waals surface area contributed by atoms with Crippen molar-refractivity contribution in [3.05, 3.63) is 34.9 Å². The first kappa shape index (κ1) is 14.3. The molecule has 1 aliphatic carbocycles. The fraction of sp³-hybridized carbons (Fsp3) is 0.417. The molecular weight excluding hydrogens is 292 g/mol. The first-order valence-electron chi connectivity index (χ1n) is 5.53. The van der Waals surface area contributed by atoms with Gasteiger partial charge in [0.2, 0.25) is 0 Å². The molecular formula is C12H13ClO5S. The Morgan fingerprint density at radius 1 is 1.47 bits per heavy atom. The Kier molecular flexibility index (Phi) is 3.36. The summed E-state index contributed by atoms with van der Waals surface area (Å²) in [7, 11) is -3.59. The third-order valence-corrected chi connectivity index (χ3v) is 5.44. The molecule has 0 amide bonds. The largest absolute Gasteiger partial charge is 0.481 e. The van der Waals surface area contributed by atoms with Crippen LogP contribution in [0.15, 0.2) is 24.3 Å². The van der Waals surface area contributed by atoms with E-state index in [1.54, 1.807) is 18.2 Å². The van der Waals surface area contributed by atoms with E-state index in [2.05, 4.69) is 0 Å². The molecule has 0 saturated heterocycles. The van der Waals surface area contributed by atoms with Gasteiger partial charge in [0.1, 0.15) is 5.41 Å². The molecule has 0 bridgehead atoms. The van der Waals surface area contributed by atoms with E-state index in [0.717, 1.165) is 6.26 Å². The Bertz CT molecular complexity index is 627. The minimum absolute atomic E-state index is 0.397. The number of aliphatic hydroxyl groups is 1. The average molecular weight is 305 g/mol. The molecule has 5 nitrogen and oxygen atoms in total. The van der Waals surface area contributed by atoms with E-state index in [0.29, 0.717) is 10.6 Å². The lowest BCUT2D eigenvalue weighted by Gasteiger charge is -2.08. The summed E-state index contributed by atoms with van der Waals surface area (Å²) in [5.41, 5.74) is -1.16. The number of rotatable bonds is 4. The lowest BCUT2D eigenvalue weighted by Crippen LogP contribution is -2.27. The average Bonchev–Trinajstić information content (AvgIpc) is 2.99. The molecule has 0 heterocycles. The monoisotopic (exact) mass is 304 g/mol. The highest BCUT2D eigenvalue weighted by Gasteiger charge is 2.74. The molecule has 0 radical (unpaired) electrons. The highest BCUT2D eigenvalue weighted by atomic mass is 35.5. The second-order valence-electron chi connectivity index (χ2n) is 4.79. The maximum absolute atomic E-state index is 11.7. The summed E-state index contributed by atoms with van der Waals surface area (Å²) >= 11 is 5.84. The molecule has 1 fully saturated rings. The van der Waals surface area contributed by atoms with E-state index in [9.17, 15) is 23.4 Å². The number of carboxylic acid groups (broad SMARTS) is 1. The molecule has 7 heteroatoms. The van der Waals surface area contributed by atoms with Gasteiger partial charge >= 0.3 is 5.97 Å². The van der Waals surface area contributed by atoms with Crippen LogP contribution in [-0.2, 0) is 14.6 Å². The quantitative estimate of drug-likeness (QED) is 0.863. The van der Waals surface area contributed by atoms with Gasteiger partial charge in [-0.2, -0.15) is 0 Å². The third-order valence-electron chi connectivity index (χ3n) is 3.59. The van der Waals surface area contributed by atoms with Crippen molar-refractivity contribution in [1.29, 1.82) is 0 Å². The van der Waals surface area contributed by atoms with Crippen LogP contribution in [0.1, 0.15) is 11.5 Å². The summed E-state index contributed by atoms with van der Waals surface area (Å²) in [5.74, 6) is -2.08. The van der Waals surface area contributed by atoms with E-state index in [-0.39, 0.29) is 0 Å². The summed E-state index contributed by atoms with van der Waals surface area (Å²) in [4.78, 5) is 11.4. The molecule has 0 aromatic heterocycles. The van der Waals surface area contributed by atoms with E-state index < -0.39 is 39.0 Å². The molecule has 19 heavy (non-hydrogen) atoms. The Balaban J connectivity index is 2.53. The Morgan fingerprint density at radius 2 is 2.11 bits per heavy atom. The minimum Gasteiger partial charge on any atom is -0.481 e. The standard InChI is InChI=1S/C12H13ClO5S/c1-19(17,18)10-9(12(10,6-14)11(15)16)7-3-2-4-8(13)5-7/h2-5,9-10,14H,6H2,1H3,(H,15,16)/t9-,10-,12-/m1/s1. The van der Waals surface area contributed by atoms with Crippen LogP contribution < -0.4 is 0 Å².